The number of rotatable bonds is 3. The first kappa shape index (κ1) is 13.5. The molecule has 1 aromatic carbocycles. The molecule has 5 heteroatoms. The van der Waals surface area contributed by atoms with Crippen LogP contribution in [0.15, 0.2) is 18.2 Å². The van der Waals surface area contributed by atoms with Crippen molar-refractivity contribution in [3.8, 4) is 12.1 Å². The average Bonchev–Trinajstić information content (AvgIpc) is 2.44. The lowest BCUT2D eigenvalue weighted by atomic mass is 10.1. The van der Waals surface area contributed by atoms with E-state index in [4.69, 9.17) is 10.5 Å². The zero-order valence-electron chi connectivity index (χ0n) is 10.6. The maximum absolute atomic E-state index is 13.7. The highest BCUT2D eigenvalue weighted by atomic mass is 19.1. The van der Waals surface area contributed by atoms with Crippen LogP contribution in [-0.2, 0) is 6.54 Å². The summed E-state index contributed by atoms with van der Waals surface area (Å²) in [4.78, 5) is 4.23. The Labute approximate surface area is 112 Å². The predicted octanol–water partition coefficient (Wildman–Crippen LogP) is 1.34. The fourth-order valence-corrected chi connectivity index (χ4v) is 2.21. The van der Waals surface area contributed by atoms with Gasteiger partial charge in [0.1, 0.15) is 5.82 Å². The fourth-order valence-electron chi connectivity index (χ4n) is 2.21. The van der Waals surface area contributed by atoms with E-state index < -0.39 is 0 Å². The lowest BCUT2D eigenvalue weighted by Gasteiger charge is -2.33. The van der Waals surface area contributed by atoms with Gasteiger partial charge in [0.15, 0.2) is 0 Å². The first-order chi connectivity index (χ1) is 9.22. The summed E-state index contributed by atoms with van der Waals surface area (Å²) >= 11 is 0. The maximum atomic E-state index is 13.7. The molecule has 1 aromatic rings. The van der Waals surface area contributed by atoms with Crippen LogP contribution in [0.25, 0.3) is 0 Å². The van der Waals surface area contributed by atoms with Gasteiger partial charge in [-0.15, -0.1) is 0 Å². The van der Waals surface area contributed by atoms with E-state index in [1.54, 1.807) is 6.07 Å². The number of nitriles is 2. The van der Waals surface area contributed by atoms with Crippen molar-refractivity contribution in [1.29, 1.82) is 10.5 Å². The molecular formula is C14H15FN4. The van der Waals surface area contributed by atoms with Gasteiger partial charge in [0.2, 0.25) is 0 Å². The molecule has 0 saturated carbocycles. The molecule has 4 nitrogen and oxygen atoms in total. The molecule has 1 fully saturated rings. The Morgan fingerprint density at radius 3 is 2.42 bits per heavy atom. The molecule has 2 rings (SSSR count). The largest absolute Gasteiger partial charge is 0.296 e. The highest BCUT2D eigenvalue weighted by Crippen LogP contribution is 2.14. The number of benzene rings is 1. The lowest BCUT2D eigenvalue weighted by Crippen LogP contribution is -2.45. The van der Waals surface area contributed by atoms with Gasteiger partial charge in [0, 0.05) is 38.3 Å². The minimum Gasteiger partial charge on any atom is -0.296 e. The normalized spacial score (nSPS) is 16.8. The van der Waals surface area contributed by atoms with Crippen LogP contribution in [0.3, 0.4) is 0 Å². The van der Waals surface area contributed by atoms with Gasteiger partial charge in [-0.1, -0.05) is 0 Å². The monoisotopic (exact) mass is 258 g/mol. The van der Waals surface area contributed by atoms with E-state index in [9.17, 15) is 4.39 Å². The molecule has 1 saturated heterocycles. The third-order valence-electron chi connectivity index (χ3n) is 3.33. The van der Waals surface area contributed by atoms with Crippen LogP contribution in [0.5, 0.6) is 0 Å². The summed E-state index contributed by atoms with van der Waals surface area (Å²) in [7, 11) is 0. The fraction of sp³-hybridized carbons (Fsp3) is 0.429. The van der Waals surface area contributed by atoms with E-state index in [0.717, 1.165) is 26.2 Å². The van der Waals surface area contributed by atoms with Gasteiger partial charge in [-0.2, -0.15) is 10.5 Å². The van der Waals surface area contributed by atoms with Crippen LogP contribution in [0.1, 0.15) is 11.1 Å². The van der Waals surface area contributed by atoms with Crippen molar-refractivity contribution in [3.63, 3.8) is 0 Å². The Kier molecular flexibility index (Phi) is 4.46. The molecule has 1 aliphatic rings. The summed E-state index contributed by atoms with van der Waals surface area (Å²) in [6, 6.07) is 8.61. The Hall–Kier alpha value is -1.95. The van der Waals surface area contributed by atoms with Crippen molar-refractivity contribution < 1.29 is 4.39 Å². The molecule has 0 radical (unpaired) electrons. The second-order valence-corrected chi connectivity index (χ2v) is 4.63. The standard InChI is InChI=1S/C14H15FN4/c15-14-2-1-12(10-17)9-13(14)11-19-7-5-18(4-3-16)6-8-19/h1-2,9H,4-8,11H2. The van der Waals surface area contributed by atoms with Gasteiger partial charge in [0.25, 0.3) is 0 Å². The van der Waals surface area contributed by atoms with Gasteiger partial charge in [0.05, 0.1) is 24.2 Å². The third kappa shape index (κ3) is 3.51. The molecule has 19 heavy (non-hydrogen) atoms. The molecule has 0 amide bonds. The van der Waals surface area contributed by atoms with Crippen LogP contribution in [0, 0.1) is 28.5 Å². The molecular weight excluding hydrogens is 243 g/mol. The highest BCUT2D eigenvalue weighted by Gasteiger charge is 2.17. The van der Waals surface area contributed by atoms with Crippen molar-refractivity contribution in [3.05, 3.63) is 35.1 Å². The van der Waals surface area contributed by atoms with Crippen molar-refractivity contribution in [2.24, 2.45) is 0 Å². The van der Waals surface area contributed by atoms with E-state index in [2.05, 4.69) is 15.9 Å². The third-order valence-corrected chi connectivity index (χ3v) is 3.33. The van der Waals surface area contributed by atoms with Crippen molar-refractivity contribution >= 4 is 0 Å². The van der Waals surface area contributed by atoms with Crippen molar-refractivity contribution in [2.45, 2.75) is 6.54 Å². The summed E-state index contributed by atoms with van der Waals surface area (Å²) in [5, 5.41) is 17.5. The summed E-state index contributed by atoms with van der Waals surface area (Å²) in [6.07, 6.45) is 0. The van der Waals surface area contributed by atoms with Crippen LogP contribution in [0.4, 0.5) is 4.39 Å². The average molecular weight is 258 g/mol. The second-order valence-electron chi connectivity index (χ2n) is 4.63. The SMILES string of the molecule is N#CCN1CCN(Cc2cc(C#N)ccc2F)CC1. The highest BCUT2D eigenvalue weighted by molar-refractivity contribution is 5.33. The second kappa shape index (κ2) is 6.29. The molecule has 0 unspecified atom stereocenters. The summed E-state index contributed by atoms with van der Waals surface area (Å²) in [5.74, 6) is -0.265. The summed E-state index contributed by atoms with van der Waals surface area (Å²) in [5.41, 5.74) is 1.05. The zero-order chi connectivity index (χ0) is 13.7. The van der Waals surface area contributed by atoms with E-state index in [-0.39, 0.29) is 5.82 Å². The topological polar surface area (TPSA) is 54.1 Å². The molecule has 0 aromatic heterocycles. The van der Waals surface area contributed by atoms with E-state index in [1.165, 1.54) is 12.1 Å². The Morgan fingerprint density at radius 1 is 1.11 bits per heavy atom. The maximum Gasteiger partial charge on any atom is 0.127 e. The quantitative estimate of drug-likeness (QED) is 0.768. The zero-order valence-corrected chi connectivity index (χ0v) is 10.6. The van der Waals surface area contributed by atoms with Crippen LogP contribution in [-0.4, -0.2) is 42.5 Å². The van der Waals surface area contributed by atoms with Gasteiger partial charge < -0.3 is 0 Å². The number of nitrogens with zero attached hydrogens (tertiary/aromatic N) is 4. The van der Waals surface area contributed by atoms with Crippen LogP contribution in [0.2, 0.25) is 0 Å². The summed E-state index contributed by atoms with van der Waals surface area (Å²) < 4.78 is 13.7. The number of piperazine rings is 1. The number of hydrogen-bond acceptors (Lipinski definition) is 4. The Bertz CT molecular complexity index is 521. The van der Waals surface area contributed by atoms with Gasteiger partial charge in [-0.05, 0) is 18.2 Å². The minimum absolute atomic E-state index is 0.265. The molecule has 98 valence electrons. The molecule has 0 N–H and O–H groups in total. The predicted molar refractivity (Wildman–Crippen MR) is 68.4 cm³/mol. The molecule has 1 aliphatic heterocycles. The number of hydrogen-bond donors (Lipinski definition) is 0. The Balaban J connectivity index is 1.96. The molecule has 1 heterocycles. The van der Waals surface area contributed by atoms with Gasteiger partial charge in [-0.25, -0.2) is 4.39 Å². The minimum atomic E-state index is -0.265. The molecule has 0 atom stereocenters. The first-order valence-electron chi connectivity index (χ1n) is 6.23. The summed E-state index contributed by atoms with van der Waals surface area (Å²) in [6.45, 7) is 4.25. The molecule has 0 aliphatic carbocycles. The Morgan fingerprint density at radius 2 is 1.79 bits per heavy atom. The van der Waals surface area contributed by atoms with Gasteiger partial charge in [-0.3, -0.25) is 9.80 Å². The molecule has 0 bridgehead atoms. The molecule has 0 spiro atoms. The van der Waals surface area contributed by atoms with Crippen molar-refractivity contribution in [2.75, 3.05) is 32.7 Å². The number of halogens is 1. The van der Waals surface area contributed by atoms with E-state index in [1.807, 2.05) is 6.07 Å². The first-order valence-corrected chi connectivity index (χ1v) is 6.23. The van der Waals surface area contributed by atoms with Crippen LogP contribution >= 0.6 is 0 Å². The smallest absolute Gasteiger partial charge is 0.127 e. The lowest BCUT2D eigenvalue weighted by molar-refractivity contribution is 0.137. The van der Waals surface area contributed by atoms with E-state index >= 15 is 0 Å². The van der Waals surface area contributed by atoms with Crippen LogP contribution < -0.4 is 0 Å². The van der Waals surface area contributed by atoms with E-state index in [0.29, 0.717) is 24.2 Å². The van der Waals surface area contributed by atoms with Crippen molar-refractivity contribution in [1.82, 2.24) is 9.80 Å². The van der Waals surface area contributed by atoms with Gasteiger partial charge >= 0.3 is 0 Å².